The standard InChI is InChI=1S/C11H16BrN3O2/c1-17-7-8-9(12)10(16)14-11(13-8)15-5-3-2-4-6-15/h2-7H2,1H3,(H,13,14,16). The van der Waals surface area contributed by atoms with Crippen molar-refractivity contribution >= 4 is 21.9 Å². The average molecular weight is 302 g/mol. The van der Waals surface area contributed by atoms with E-state index < -0.39 is 0 Å². The van der Waals surface area contributed by atoms with Crippen LogP contribution in [-0.2, 0) is 11.3 Å². The first kappa shape index (κ1) is 12.6. The van der Waals surface area contributed by atoms with Crippen LogP contribution in [0.15, 0.2) is 9.27 Å². The number of aromatic nitrogens is 2. The summed E-state index contributed by atoms with van der Waals surface area (Å²) >= 11 is 3.23. The van der Waals surface area contributed by atoms with E-state index in [0.29, 0.717) is 22.7 Å². The summed E-state index contributed by atoms with van der Waals surface area (Å²) in [5.74, 6) is 0.657. The maximum absolute atomic E-state index is 11.8. The Morgan fingerprint density at radius 2 is 2.12 bits per heavy atom. The maximum Gasteiger partial charge on any atom is 0.266 e. The lowest BCUT2D eigenvalue weighted by Gasteiger charge is -2.27. The summed E-state index contributed by atoms with van der Waals surface area (Å²) in [6.07, 6.45) is 3.56. The predicted octanol–water partition coefficient (Wildman–Crippen LogP) is 1.67. The van der Waals surface area contributed by atoms with Gasteiger partial charge in [-0.2, -0.15) is 0 Å². The number of piperidine rings is 1. The summed E-state index contributed by atoms with van der Waals surface area (Å²) in [5.41, 5.74) is 0.504. The molecule has 5 nitrogen and oxygen atoms in total. The van der Waals surface area contributed by atoms with Crippen LogP contribution in [-0.4, -0.2) is 30.2 Å². The van der Waals surface area contributed by atoms with Crippen LogP contribution in [0.2, 0.25) is 0 Å². The third kappa shape index (κ3) is 2.87. The fourth-order valence-electron chi connectivity index (χ4n) is 1.98. The molecule has 1 aliphatic rings. The molecule has 1 aromatic rings. The summed E-state index contributed by atoms with van der Waals surface area (Å²) in [6.45, 7) is 2.25. The van der Waals surface area contributed by atoms with Crippen LogP contribution in [0, 0.1) is 0 Å². The van der Waals surface area contributed by atoms with E-state index in [2.05, 4.69) is 30.8 Å². The average Bonchev–Trinajstić information content (AvgIpc) is 2.36. The molecule has 1 saturated heterocycles. The van der Waals surface area contributed by atoms with E-state index in [1.54, 1.807) is 7.11 Å². The Morgan fingerprint density at radius 3 is 2.76 bits per heavy atom. The molecule has 0 unspecified atom stereocenters. The third-order valence-electron chi connectivity index (χ3n) is 2.86. The largest absolute Gasteiger partial charge is 0.378 e. The molecule has 0 aromatic carbocycles. The number of rotatable bonds is 3. The van der Waals surface area contributed by atoms with Crippen LogP contribution in [0.4, 0.5) is 5.95 Å². The summed E-state index contributed by atoms with van der Waals surface area (Å²) in [5, 5.41) is 0. The smallest absolute Gasteiger partial charge is 0.266 e. The number of ether oxygens (including phenoxy) is 1. The molecule has 0 saturated carbocycles. The van der Waals surface area contributed by atoms with Crippen LogP contribution >= 0.6 is 15.9 Å². The quantitative estimate of drug-likeness (QED) is 0.923. The number of H-pyrrole nitrogens is 1. The third-order valence-corrected chi connectivity index (χ3v) is 3.67. The van der Waals surface area contributed by atoms with Gasteiger partial charge in [-0.3, -0.25) is 9.78 Å². The SMILES string of the molecule is COCc1nc(N2CCCCC2)[nH]c(=O)c1Br. The Hall–Kier alpha value is -0.880. The minimum Gasteiger partial charge on any atom is -0.378 e. The second kappa shape index (κ2) is 5.64. The van der Waals surface area contributed by atoms with Gasteiger partial charge in [-0.05, 0) is 35.2 Å². The number of anilines is 1. The van der Waals surface area contributed by atoms with Crippen molar-refractivity contribution in [2.75, 3.05) is 25.1 Å². The highest BCUT2D eigenvalue weighted by molar-refractivity contribution is 9.10. The number of nitrogens with one attached hydrogen (secondary N) is 1. The van der Waals surface area contributed by atoms with E-state index >= 15 is 0 Å². The van der Waals surface area contributed by atoms with Gasteiger partial charge in [-0.15, -0.1) is 0 Å². The van der Waals surface area contributed by atoms with Gasteiger partial charge in [0.25, 0.3) is 5.56 Å². The van der Waals surface area contributed by atoms with E-state index in [1.807, 2.05) is 0 Å². The van der Waals surface area contributed by atoms with E-state index in [1.165, 1.54) is 6.42 Å². The van der Waals surface area contributed by atoms with Gasteiger partial charge in [0.1, 0.15) is 4.47 Å². The second-order valence-corrected chi connectivity index (χ2v) is 4.92. The Balaban J connectivity index is 2.30. The van der Waals surface area contributed by atoms with Crippen molar-refractivity contribution in [2.45, 2.75) is 25.9 Å². The zero-order valence-corrected chi connectivity index (χ0v) is 11.4. The molecule has 94 valence electrons. The first-order valence-corrected chi connectivity index (χ1v) is 6.54. The normalized spacial score (nSPS) is 16.2. The molecule has 1 fully saturated rings. The Kier molecular flexibility index (Phi) is 4.17. The fourth-order valence-corrected chi connectivity index (χ4v) is 2.28. The molecule has 2 heterocycles. The number of methoxy groups -OCH3 is 1. The molecule has 1 aromatic heterocycles. The molecule has 1 N–H and O–H groups in total. The van der Waals surface area contributed by atoms with Crippen molar-refractivity contribution in [1.82, 2.24) is 9.97 Å². The minimum absolute atomic E-state index is 0.146. The maximum atomic E-state index is 11.8. The highest BCUT2D eigenvalue weighted by atomic mass is 79.9. The first-order chi connectivity index (χ1) is 8.22. The molecule has 0 amide bonds. The zero-order valence-electron chi connectivity index (χ0n) is 9.83. The molecule has 0 atom stereocenters. The number of halogens is 1. The summed E-state index contributed by atoms with van der Waals surface area (Å²) in [6, 6.07) is 0. The lowest BCUT2D eigenvalue weighted by atomic mass is 10.1. The Morgan fingerprint density at radius 1 is 1.41 bits per heavy atom. The molecule has 17 heavy (non-hydrogen) atoms. The minimum atomic E-state index is -0.146. The number of aromatic amines is 1. The molecule has 1 aliphatic heterocycles. The number of nitrogens with zero attached hydrogens (tertiary/aromatic N) is 2. The van der Waals surface area contributed by atoms with Crippen molar-refractivity contribution in [3.8, 4) is 0 Å². The molecular formula is C11H16BrN3O2. The van der Waals surface area contributed by atoms with Crippen LogP contribution in [0.3, 0.4) is 0 Å². The monoisotopic (exact) mass is 301 g/mol. The lowest BCUT2D eigenvalue weighted by molar-refractivity contribution is 0.180. The highest BCUT2D eigenvalue weighted by Gasteiger charge is 2.16. The molecule has 6 heteroatoms. The molecular weight excluding hydrogens is 286 g/mol. The zero-order chi connectivity index (χ0) is 12.3. The van der Waals surface area contributed by atoms with E-state index in [0.717, 1.165) is 25.9 Å². The van der Waals surface area contributed by atoms with Gasteiger partial charge in [0, 0.05) is 20.2 Å². The van der Waals surface area contributed by atoms with Gasteiger partial charge >= 0.3 is 0 Å². The number of hydrogen-bond donors (Lipinski definition) is 1. The van der Waals surface area contributed by atoms with Gasteiger partial charge in [0.05, 0.1) is 12.3 Å². The van der Waals surface area contributed by atoms with Crippen molar-refractivity contribution in [2.24, 2.45) is 0 Å². The topological polar surface area (TPSA) is 58.2 Å². The summed E-state index contributed by atoms with van der Waals surface area (Å²) in [7, 11) is 1.59. The van der Waals surface area contributed by atoms with Gasteiger partial charge in [-0.25, -0.2) is 4.98 Å². The van der Waals surface area contributed by atoms with Gasteiger partial charge in [-0.1, -0.05) is 0 Å². The molecule has 0 aliphatic carbocycles. The highest BCUT2D eigenvalue weighted by Crippen LogP contribution is 2.17. The molecule has 0 spiro atoms. The van der Waals surface area contributed by atoms with E-state index in [4.69, 9.17) is 4.74 Å². The first-order valence-electron chi connectivity index (χ1n) is 5.75. The van der Waals surface area contributed by atoms with Crippen molar-refractivity contribution in [3.63, 3.8) is 0 Å². The molecule has 0 bridgehead atoms. The molecule has 0 radical (unpaired) electrons. The van der Waals surface area contributed by atoms with Gasteiger partial charge in [0.15, 0.2) is 0 Å². The summed E-state index contributed by atoms with van der Waals surface area (Å²) < 4.78 is 5.50. The molecule has 2 rings (SSSR count). The van der Waals surface area contributed by atoms with E-state index in [-0.39, 0.29) is 5.56 Å². The van der Waals surface area contributed by atoms with Crippen molar-refractivity contribution in [3.05, 3.63) is 20.5 Å². The van der Waals surface area contributed by atoms with Crippen molar-refractivity contribution in [1.29, 1.82) is 0 Å². The van der Waals surface area contributed by atoms with Crippen LogP contribution in [0.1, 0.15) is 25.0 Å². The van der Waals surface area contributed by atoms with E-state index in [9.17, 15) is 4.79 Å². The Bertz CT molecular complexity index is 441. The van der Waals surface area contributed by atoms with Crippen LogP contribution < -0.4 is 10.5 Å². The van der Waals surface area contributed by atoms with Gasteiger partial charge in [0.2, 0.25) is 5.95 Å². The lowest BCUT2D eigenvalue weighted by Crippen LogP contribution is -2.33. The van der Waals surface area contributed by atoms with Crippen LogP contribution in [0.5, 0.6) is 0 Å². The number of hydrogen-bond acceptors (Lipinski definition) is 4. The Labute approximate surface area is 108 Å². The van der Waals surface area contributed by atoms with Crippen LogP contribution in [0.25, 0.3) is 0 Å². The van der Waals surface area contributed by atoms with Gasteiger partial charge < -0.3 is 9.64 Å². The second-order valence-electron chi connectivity index (χ2n) is 4.13. The van der Waals surface area contributed by atoms with Crippen molar-refractivity contribution < 1.29 is 4.74 Å². The predicted molar refractivity (Wildman–Crippen MR) is 69.3 cm³/mol. The fraction of sp³-hybridized carbons (Fsp3) is 0.636. The summed E-state index contributed by atoms with van der Waals surface area (Å²) in [4.78, 5) is 21.1.